The van der Waals surface area contributed by atoms with Crippen LogP contribution in [0.25, 0.3) is 16.9 Å². The summed E-state index contributed by atoms with van der Waals surface area (Å²) in [4.78, 5) is 30.1. The molecule has 0 aliphatic carbocycles. The van der Waals surface area contributed by atoms with Gasteiger partial charge in [-0.25, -0.2) is 14.3 Å². The zero-order valence-corrected chi connectivity index (χ0v) is 15.2. The highest BCUT2D eigenvalue weighted by Gasteiger charge is 2.18. The topological polar surface area (TPSA) is 78.1 Å². The van der Waals surface area contributed by atoms with Crippen molar-refractivity contribution in [3.8, 4) is 11.4 Å². The van der Waals surface area contributed by atoms with Crippen LogP contribution in [-0.4, -0.2) is 27.1 Å². The van der Waals surface area contributed by atoms with E-state index in [0.717, 1.165) is 0 Å². The number of hydrogen-bond acceptors (Lipinski definition) is 4. The fourth-order valence-electron chi connectivity index (χ4n) is 3.13. The molecule has 0 aliphatic rings. The van der Waals surface area contributed by atoms with Crippen molar-refractivity contribution in [3.05, 3.63) is 83.4 Å². The largest absolute Gasteiger partial charge is 0.495 e. The van der Waals surface area contributed by atoms with Gasteiger partial charge in [0.05, 0.1) is 24.0 Å². The Labute approximate surface area is 160 Å². The van der Waals surface area contributed by atoms with Gasteiger partial charge < -0.3 is 10.1 Å². The Balaban J connectivity index is 1.73. The Morgan fingerprint density at radius 2 is 1.79 bits per heavy atom. The molecule has 7 nitrogen and oxygen atoms in total. The van der Waals surface area contributed by atoms with Crippen LogP contribution in [0.15, 0.2) is 77.7 Å². The number of pyridine rings is 1. The third kappa shape index (κ3) is 3.14. The summed E-state index contributed by atoms with van der Waals surface area (Å²) in [6.07, 6.45) is 1.63. The van der Waals surface area contributed by atoms with E-state index in [-0.39, 0.29) is 18.1 Å². The number of benzene rings is 2. The highest BCUT2D eigenvalue weighted by Crippen LogP contribution is 2.23. The highest BCUT2D eigenvalue weighted by atomic mass is 16.5. The Morgan fingerprint density at radius 3 is 2.57 bits per heavy atom. The number of hydrogen-bond donors (Lipinski definition) is 1. The SMILES string of the molecule is COc1ccccc1NC(=O)Cn1c(=O)n(-c2ccccc2)c2ncccc21. The maximum Gasteiger partial charge on any atom is 0.335 e. The molecule has 28 heavy (non-hydrogen) atoms. The first-order valence-corrected chi connectivity index (χ1v) is 8.73. The molecule has 2 aromatic carbocycles. The number of nitrogens with one attached hydrogen (secondary N) is 1. The Morgan fingerprint density at radius 1 is 1.04 bits per heavy atom. The fourth-order valence-corrected chi connectivity index (χ4v) is 3.13. The van der Waals surface area contributed by atoms with Gasteiger partial charge in [0.25, 0.3) is 0 Å². The summed E-state index contributed by atoms with van der Waals surface area (Å²) >= 11 is 0. The second-order valence-corrected chi connectivity index (χ2v) is 6.13. The normalized spacial score (nSPS) is 10.8. The van der Waals surface area contributed by atoms with E-state index in [4.69, 9.17) is 4.74 Å². The average Bonchev–Trinajstić information content (AvgIpc) is 3.00. The van der Waals surface area contributed by atoms with E-state index in [9.17, 15) is 9.59 Å². The molecule has 2 heterocycles. The summed E-state index contributed by atoms with van der Waals surface area (Å²) in [5, 5.41) is 2.80. The molecule has 0 saturated heterocycles. The van der Waals surface area contributed by atoms with Crippen LogP contribution in [0, 0.1) is 0 Å². The smallest absolute Gasteiger partial charge is 0.335 e. The second kappa shape index (κ2) is 7.40. The van der Waals surface area contributed by atoms with Gasteiger partial charge >= 0.3 is 5.69 Å². The number of rotatable bonds is 5. The molecule has 1 N–H and O–H groups in total. The first-order valence-electron chi connectivity index (χ1n) is 8.73. The summed E-state index contributed by atoms with van der Waals surface area (Å²) in [7, 11) is 1.54. The summed E-state index contributed by atoms with van der Waals surface area (Å²) in [5.41, 5.74) is 2.01. The summed E-state index contributed by atoms with van der Waals surface area (Å²) in [6.45, 7) is -0.140. The molecule has 0 spiro atoms. The van der Waals surface area contributed by atoms with Crippen molar-refractivity contribution >= 4 is 22.8 Å². The molecular formula is C21H18N4O3. The van der Waals surface area contributed by atoms with Crippen LogP contribution in [0.4, 0.5) is 5.69 Å². The minimum atomic E-state index is -0.331. The number of nitrogens with zero attached hydrogens (tertiary/aromatic N) is 3. The lowest BCUT2D eigenvalue weighted by atomic mass is 10.3. The van der Waals surface area contributed by atoms with E-state index >= 15 is 0 Å². The number of imidazole rings is 1. The molecule has 0 saturated carbocycles. The number of para-hydroxylation sites is 3. The fraction of sp³-hybridized carbons (Fsp3) is 0.0952. The molecule has 0 radical (unpaired) electrons. The number of aromatic nitrogens is 3. The minimum Gasteiger partial charge on any atom is -0.495 e. The number of anilines is 1. The molecule has 4 rings (SSSR count). The monoisotopic (exact) mass is 374 g/mol. The van der Waals surface area contributed by atoms with E-state index in [2.05, 4.69) is 10.3 Å². The van der Waals surface area contributed by atoms with Gasteiger partial charge in [-0.15, -0.1) is 0 Å². The summed E-state index contributed by atoms with van der Waals surface area (Å²) in [5.74, 6) is 0.221. The van der Waals surface area contributed by atoms with Gasteiger partial charge in [0.2, 0.25) is 5.91 Å². The van der Waals surface area contributed by atoms with Crippen LogP contribution in [0.5, 0.6) is 5.75 Å². The Hall–Kier alpha value is -3.87. The lowest BCUT2D eigenvalue weighted by Crippen LogP contribution is -2.29. The molecule has 0 aliphatic heterocycles. The van der Waals surface area contributed by atoms with Gasteiger partial charge in [-0.3, -0.25) is 9.36 Å². The van der Waals surface area contributed by atoms with Crippen molar-refractivity contribution in [2.75, 3.05) is 12.4 Å². The Kier molecular flexibility index (Phi) is 4.63. The average molecular weight is 374 g/mol. The molecule has 2 aromatic heterocycles. The first-order chi connectivity index (χ1) is 13.7. The standard InChI is InChI=1S/C21H18N4O3/c1-28-18-12-6-5-10-16(18)23-19(26)14-24-17-11-7-13-22-20(17)25(21(24)27)15-8-3-2-4-9-15/h2-13H,14H2,1H3,(H,23,26). The molecule has 0 bridgehead atoms. The quantitative estimate of drug-likeness (QED) is 0.583. The van der Waals surface area contributed by atoms with Crippen LogP contribution in [0.2, 0.25) is 0 Å². The van der Waals surface area contributed by atoms with Crippen LogP contribution < -0.4 is 15.7 Å². The summed E-state index contributed by atoms with van der Waals surface area (Å²) in [6, 6.07) is 19.9. The van der Waals surface area contributed by atoms with Gasteiger partial charge in [0.1, 0.15) is 12.3 Å². The molecule has 4 aromatic rings. The summed E-state index contributed by atoms with van der Waals surface area (Å²) < 4.78 is 8.18. The molecule has 0 atom stereocenters. The van der Waals surface area contributed by atoms with Crippen molar-refractivity contribution in [3.63, 3.8) is 0 Å². The predicted octanol–water partition coefficient (Wildman–Crippen LogP) is 2.83. The minimum absolute atomic E-state index is 0.140. The molecule has 1 amide bonds. The van der Waals surface area contributed by atoms with E-state index in [1.54, 1.807) is 36.5 Å². The van der Waals surface area contributed by atoms with Crippen molar-refractivity contribution in [2.24, 2.45) is 0 Å². The van der Waals surface area contributed by atoms with E-state index in [1.165, 1.54) is 16.2 Å². The number of ether oxygens (including phenoxy) is 1. The maximum atomic E-state index is 13.1. The van der Waals surface area contributed by atoms with Gasteiger partial charge in [-0.1, -0.05) is 30.3 Å². The van der Waals surface area contributed by atoms with E-state index in [1.807, 2.05) is 36.4 Å². The lowest BCUT2D eigenvalue weighted by Gasteiger charge is -2.10. The van der Waals surface area contributed by atoms with Gasteiger partial charge in [-0.2, -0.15) is 0 Å². The molecule has 0 fully saturated rings. The first kappa shape index (κ1) is 17.5. The third-order valence-electron chi connectivity index (χ3n) is 4.39. The highest BCUT2D eigenvalue weighted by molar-refractivity contribution is 5.93. The van der Waals surface area contributed by atoms with Gasteiger partial charge in [0, 0.05) is 6.20 Å². The van der Waals surface area contributed by atoms with Crippen LogP contribution >= 0.6 is 0 Å². The third-order valence-corrected chi connectivity index (χ3v) is 4.39. The zero-order chi connectivity index (χ0) is 19.5. The van der Waals surface area contributed by atoms with Gasteiger partial charge in [-0.05, 0) is 36.4 Å². The number of methoxy groups -OCH3 is 1. The molecule has 140 valence electrons. The second-order valence-electron chi connectivity index (χ2n) is 6.13. The van der Waals surface area contributed by atoms with Crippen molar-refractivity contribution in [1.82, 2.24) is 14.1 Å². The van der Waals surface area contributed by atoms with E-state index in [0.29, 0.717) is 28.3 Å². The number of carbonyl (C=O) groups excluding carboxylic acids is 1. The molecule has 0 unspecified atom stereocenters. The van der Waals surface area contributed by atoms with Crippen molar-refractivity contribution in [1.29, 1.82) is 0 Å². The molecule has 7 heteroatoms. The molecular weight excluding hydrogens is 356 g/mol. The number of carbonyl (C=O) groups is 1. The van der Waals surface area contributed by atoms with Crippen LogP contribution in [-0.2, 0) is 11.3 Å². The predicted molar refractivity (Wildman–Crippen MR) is 107 cm³/mol. The van der Waals surface area contributed by atoms with Crippen LogP contribution in [0.1, 0.15) is 0 Å². The Bertz CT molecular complexity index is 1200. The number of amides is 1. The van der Waals surface area contributed by atoms with Gasteiger partial charge in [0.15, 0.2) is 5.65 Å². The van der Waals surface area contributed by atoms with Crippen molar-refractivity contribution in [2.45, 2.75) is 6.54 Å². The number of fused-ring (bicyclic) bond motifs is 1. The lowest BCUT2D eigenvalue weighted by molar-refractivity contribution is -0.116. The zero-order valence-electron chi connectivity index (χ0n) is 15.2. The van der Waals surface area contributed by atoms with Crippen molar-refractivity contribution < 1.29 is 9.53 Å². The maximum absolute atomic E-state index is 13.1. The van der Waals surface area contributed by atoms with E-state index < -0.39 is 0 Å². The van der Waals surface area contributed by atoms with Crippen LogP contribution in [0.3, 0.4) is 0 Å².